The van der Waals surface area contributed by atoms with Gasteiger partial charge in [0.15, 0.2) is 0 Å². The lowest BCUT2D eigenvalue weighted by molar-refractivity contribution is -0.119. The van der Waals surface area contributed by atoms with E-state index in [1.54, 1.807) is 36.2 Å². The zero-order valence-corrected chi connectivity index (χ0v) is 20.2. The van der Waals surface area contributed by atoms with Crippen molar-refractivity contribution in [3.63, 3.8) is 0 Å². The molecule has 35 heavy (non-hydrogen) atoms. The smallest absolute Gasteiger partial charge is 0.286 e. The van der Waals surface area contributed by atoms with Crippen LogP contribution in [-0.4, -0.2) is 40.2 Å². The molecule has 1 atom stereocenters. The van der Waals surface area contributed by atoms with E-state index in [2.05, 4.69) is 16.7 Å². The van der Waals surface area contributed by atoms with E-state index in [4.69, 9.17) is 0 Å². The van der Waals surface area contributed by atoms with Crippen molar-refractivity contribution in [3.05, 3.63) is 89.5 Å². The number of nitrogens with zero attached hydrogens (tertiary/aromatic N) is 1. The van der Waals surface area contributed by atoms with Crippen LogP contribution in [0.4, 0.5) is 10.5 Å². The van der Waals surface area contributed by atoms with Gasteiger partial charge in [-0.25, -0.2) is 0 Å². The first kappa shape index (κ1) is 24.2. The maximum absolute atomic E-state index is 12.8. The highest BCUT2D eigenvalue weighted by atomic mass is 32.2. The zero-order valence-electron chi connectivity index (χ0n) is 19.4. The van der Waals surface area contributed by atoms with Crippen molar-refractivity contribution in [2.75, 3.05) is 12.4 Å². The number of thioether (sulfide) groups is 1. The van der Waals surface area contributed by atoms with E-state index < -0.39 is 0 Å². The Morgan fingerprint density at radius 3 is 2.29 bits per heavy atom. The van der Waals surface area contributed by atoms with Crippen LogP contribution in [0.5, 0.6) is 0 Å². The topological polar surface area (TPSA) is 95.6 Å². The van der Waals surface area contributed by atoms with Crippen LogP contribution in [-0.2, 0) is 22.6 Å². The third kappa shape index (κ3) is 6.16. The van der Waals surface area contributed by atoms with Crippen molar-refractivity contribution >= 4 is 40.4 Å². The second kappa shape index (κ2) is 10.6. The molecular formula is C27H25N3O4S. The minimum atomic E-state index is -0.383. The lowest BCUT2D eigenvalue weighted by atomic mass is 10.00. The van der Waals surface area contributed by atoms with Gasteiger partial charge in [-0.15, -0.1) is 0 Å². The fourth-order valence-corrected chi connectivity index (χ4v) is 4.75. The van der Waals surface area contributed by atoms with Crippen molar-refractivity contribution in [1.82, 2.24) is 10.2 Å². The molecule has 0 aliphatic carbocycles. The molecule has 2 N–H and O–H groups in total. The molecule has 0 aromatic heterocycles. The van der Waals surface area contributed by atoms with Gasteiger partial charge in [-0.2, -0.15) is 0 Å². The minimum Gasteiger partial charge on any atom is -0.337 e. The first-order valence-electron chi connectivity index (χ1n) is 11.1. The molecule has 0 spiro atoms. The Balaban J connectivity index is 1.40. The maximum Gasteiger partial charge on any atom is 0.286 e. The van der Waals surface area contributed by atoms with Crippen LogP contribution >= 0.6 is 11.8 Å². The number of carbonyl (C=O) groups excluding carboxylic acids is 4. The zero-order chi connectivity index (χ0) is 24.9. The molecule has 3 aromatic rings. The summed E-state index contributed by atoms with van der Waals surface area (Å²) in [6.07, 6.45) is 0.501. The van der Waals surface area contributed by atoms with E-state index in [-0.39, 0.29) is 28.2 Å². The van der Waals surface area contributed by atoms with Crippen LogP contribution in [0.3, 0.4) is 0 Å². The Labute approximate surface area is 207 Å². The summed E-state index contributed by atoms with van der Waals surface area (Å²) in [5.41, 5.74) is 5.23. The molecule has 7 nitrogen and oxygen atoms in total. The molecule has 0 radical (unpaired) electrons. The molecule has 1 aliphatic rings. The number of rotatable bonds is 7. The molecule has 1 heterocycles. The van der Waals surface area contributed by atoms with Crippen molar-refractivity contribution < 1.29 is 19.2 Å². The third-order valence-electron chi connectivity index (χ3n) is 5.62. The first-order valence-corrected chi connectivity index (χ1v) is 12.0. The van der Waals surface area contributed by atoms with Crippen LogP contribution in [0.1, 0.15) is 28.4 Å². The van der Waals surface area contributed by atoms with Gasteiger partial charge in [-0.05, 0) is 59.0 Å². The summed E-state index contributed by atoms with van der Waals surface area (Å²) in [5, 5.41) is 4.33. The maximum atomic E-state index is 12.8. The van der Waals surface area contributed by atoms with Crippen LogP contribution in [0.25, 0.3) is 11.1 Å². The number of amides is 4. The van der Waals surface area contributed by atoms with E-state index in [0.717, 1.165) is 34.0 Å². The fourth-order valence-electron chi connectivity index (χ4n) is 3.89. The van der Waals surface area contributed by atoms with Gasteiger partial charge in [-0.3, -0.25) is 24.5 Å². The van der Waals surface area contributed by atoms with E-state index in [1.165, 1.54) is 6.92 Å². The highest BCUT2D eigenvalue weighted by Gasteiger charge is 2.31. The third-order valence-corrected chi connectivity index (χ3v) is 6.60. The Morgan fingerprint density at radius 2 is 1.66 bits per heavy atom. The molecule has 3 aromatic carbocycles. The van der Waals surface area contributed by atoms with Gasteiger partial charge >= 0.3 is 0 Å². The highest BCUT2D eigenvalue weighted by Crippen LogP contribution is 2.26. The van der Waals surface area contributed by atoms with Crippen LogP contribution in [0.15, 0.2) is 72.8 Å². The summed E-state index contributed by atoms with van der Waals surface area (Å²) < 4.78 is 0. The van der Waals surface area contributed by atoms with Crippen molar-refractivity contribution in [3.8, 4) is 11.1 Å². The largest absolute Gasteiger partial charge is 0.337 e. The molecule has 8 heteroatoms. The summed E-state index contributed by atoms with van der Waals surface area (Å²) in [7, 11) is 1.76. The minimum absolute atomic E-state index is 0.110. The van der Waals surface area contributed by atoms with Crippen LogP contribution in [0.2, 0.25) is 0 Å². The van der Waals surface area contributed by atoms with Gasteiger partial charge in [0.1, 0.15) is 0 Å². The fraction of sp³-hybridized carbons (Fsp3) is 0.185. The van der Waals surface area contributed by atoms with Crippen LogP contribution < -0.4 is 10.6 Å². The average Bonchev–Trinajstić information content (AvgIpc) is 3.15. The summed E-state index contributed by atoms with van der Waals surface area (Å²) in [6.45, 7) is 1.88. The van der Waals surface area contributed by atoms with Crippen molar-refractivity contribution in [2.24, 2.45) is 0 Å². The van der Waals surface area contributed by atoms with Gasteiger partial charge < -0.3 is 10.2 Å². The standard InChI is InChI=1S/C27H25N3O4S/c1-17(31)28-23-12-10-21(11-13-23)26(33)30(2)16-19-4-3-5-22(14-19)20-8-6-18(7-9-20)15-24-25(32)29-27(34)35-24/h3-14,24H,15-16H2,1-2H3,(H,28,31)(H,29,32,34). The second-order valence-electron chi connectivity index (χ2n) is 8.40. The van der Waals surface area contributed by atoms with E-state index in [1.807, 2.05) is 42.5 Å². The number of hydrogen-bond acceptors (Lipinski definition) is 5. The van der Waals surface area contributed by atoms with Gasteiger partial charge in [0.2, 0.25) is 11.8 Å². The predicted octanol–water partition coefficient (Wildman–Crippen LogP) is 4.48. The lowest BCUT2D eigenvalue weighted by Crippen LogP contribution is -2.26. The molecule has 1 saturated heterocycles. The molecule has 1 unspecified atom stereocenters. The summed E-state index contributed by atoms with van der Waals surface area (Å²) >= 11 is 1.03. The molecular weight excluding hydrogens is 462 g/mol. The van der Waals surface area contributed by atoms with E-state index in [9.17, 15) is 19.2 Å². The van der Waals surface area contributed by atoms with Gasteiger partial charge in [0, 0.05) is 31.8 Å². The number of imide groups is 1. The monoisotopic (exact) mass is 487 g/mol. The van der Waals surface area contributed by atoms with E-state index >= 15 is 0 Å². The van der Waals surface area contributed by atoms with Gasteiger partial charge in [-0.1, -0.05) is 54.2 Å². The Bertz CT molecular complexity index is 1270. The normalized spacial score (nSPS) is 15.0. The molecule has 4 amide bonds. The van der Waals surface area contributed by atoms with Gasteiger partial charge in [0.05, 0.1) is 5.25 Å². The molecule has 0 bridgehead atoms. The SMILES string of the molecule is CC(=O)Nc1ccc(C(=O)N(C)Cc2cccc(-c3ccc(CC4SC(=O)NC4=O)cc3)c2)cc1. The Hall–Kier alpha value is -3.91. The number of carbonyl (C=O) groups is 4. The highest BCUT2D eigenvalue weighted by molar-refractivity contribution is 8.15. The molecule has 1 aliphatic heterocycles. The van der Waals surface area contributed by atoms with Gasteiger partial charge in [0.25, 0.3) is 11.1 Å². The Kier molecular flexibility index (Phi) is 7.31. The predicted molar refractivity (Wildman–Crippen MR) is 137 cm³/mol. The molecule has 0 saturated carbocycles. The van der Waals surface area contributed by atoms with E-state index in [0.29, 0.717) is 24.2 Å². The second-order valence-corrected chi connectivity index (χ2v) is 9.58. The lowest BCUT2D eigenvalue weighted by Gasteiger charge is -2.18. The number of benzene rings is 3. The summed E-state index contributed by atoms with van der Waals surface area (Å²) in [4.78, 5) is 48.8. The first-order chi connectivity index (χ1) is 16.8. The number of hydrogen-bond donors (Lipinski definition) is 2. The van der Waals surface area contributed by atoms with Crippen LogP contribution in [0, 0.1) is 0 Å². The average molecular weight is 488 g/mol. The number of nitrogens with one attached hydrogen (secondary N) is 2. The summed E-state index contributed by atoms with van der Waals surface area (Å²) in [5.74, 6) is -0.507. The molecule has 4 rings (SSSR count). The Morgan fingerprint density at radius 1 is 0.943 bits per heavy atom. The van der Waals surface area contributed by atoms with Crippen molar-refractivity contribution in [1.29, 1.82) is 0 Å². The number of anilines is 1. The van der Waals surface area contributed by atoms with Crippen molar-refractivity contribution in [2.45, 2.75) is 25.1 Å². The quantitative estimate of drug-likeness (QED) is 0.512. The molecule has 178 valence electrons. The summed E-state index contributed by atoms with van der Waals surface area (Å²) in [6, 6.07) is 22.8. The molecule has 1 fully saturated rings.